The molecule has 34 heavy (non-hydrogen) atoms. The van der Waals surface area contributed by atoms with Crippen molar-refractivity contribution in [1.29, 1.82) is 0 Å². The number of ether oxygens (including phenoxy) is 1. The largest absolute Gasteiger partial charge is 0.496 e. The highest BCUT2D eigenvalue weighted by Gasteiger charge is 2.24. The summed E-state index contributed by atoms with van der Waals surface area (Å²) in [6.45, 7) is 0. The zero-order chi connectivity index (χ0) is 23.9. The maximum absolute atomic E-state index is 12.4. The predicted molar refractivity (Wildman–Crippen MR) is 140 cm³/mol. The van der Waals surface area contributed by atoms with E-state index in [4.69, 9.17) is 16.3 Å². The van der Waals surface area contributed by atoms with E-state index in [2.05, 4.69) is 41.2 Å². The van der Waals surface area contributed by atoms with Crippen molar-refractivity contribution in [2.24, 2.45) is 5.10 Å². The summed E-state index contributed by atoms with van der Waals surface area (Å²) in [7, 11) is 1.61. The van der Waals surface area contributed by atoms with Crippen LogP contribution in [0.4, 0.5) is 0 Å². The van der Waals surface area contributed by atoms with Gasteiger partial charge in [0, 0.05) is 16.6 Å². The van der Waals surface area contributed by atoms with Gasteiger partial charge < -0.3 is 4.74 Å². The summed E-state index contributed by atoms with van der Waals surface area (Å²) in [6, 6.07) is 13.5. The van der Waals surface area contributed by atoms with Gasteiger partial charge in [-0.3, -0.25) is 9.36 Å². The van der Waals surface area contributed by atoms with E-state index in [9.17, 15) is 4.79 Å². The zero-order valence-electron chi connectivity index (χ0n) is 18.7. The van der Waals surface area contributed by atoms with Crippen LogP contribution in [0.1, 0.15) is 43.7 Å². The summed E-state index contributed by atoms with van der Waals surface area (Å²) in [5.74, 6) is 1.53. The second kappa shape index (κ2) is 11.9. The number of halogens is 2. The van der Waals surface area contributed by atoms with Gasteiger partial charge in [0.05, 0.1) is 23.5 Å². The van der Waals surface area contributed by atoms with Crippen LogP contribution in [0.25, 0.3) is 11.4 Å². The number of carbonyl (C=O) groups is 1. The van der Waals surface area contributed by atoms with Gasteiger partial charge >= 0.3 is 0 Å². The SMILES string of the molecule is COc1ccc(C=NNC(=O)CSc2nnc(-c3ccc(Cl)cc3)n2C2CCCCC2)cc1Br. The number of nitrogens with one attached hydrogen (secondary N) is 1. The molecule has 1 aromatic heterocycles. The van der Waals surface area contributed by atoms with Crippen LogP contribution in [-0.4, -0.2) is 39.7 Å². The molecule has 0 aliphatic heterocycles. The minimum atomic E-state index is -0.208. The number of rotatable bonds is 8. The number of benzene rings is 2. The first-order chi connectivity index (χ1) is 16.5. The summed E-state index contributed by atoms with van der Waals surface area (Å²) in [6.07, 6.45) is 7.38. The molecule has 1 saturated carbocycles. The van der Waals surface area contributed by atoms with Gasteiger partial charge in [-0.15, -0.1) is 10.2 Å². The molecule has 0 unspecified atom stereocenters. The van der Waals surface area contributed by atoms with Gasteiger partial charge in [-0.1, -0.05) is 42.6 Å². The van der Waals surface area contributed by atoms with E-state index in [1.54, 1.807) is 13.3 Å². The molecular formula is C24H25BrClN5O2S. The van der Waals surface area contributed by atoms with Crippen LogP contribution >= 0.6 is 39.3 Å². The van der Waals surface area contributed by atoms with Crippen LogP contribution in [0.5, 0.6) is 5.75 Å². The highest BCUT2D eigenvalue weighted by molar-refractivity contribution is 9.10. The lowest BCUT2D eigenvalue weighted by molar-refractivity contribution is -0.118. The van der Waals surface area contributed by atoms with Crippen molar-refractivity contribution in [1.82, 2.24) is 20.2 Å². The lowest BCUT2D eigenvalue weighted by atomic mass is 9.95. The number of hydrazone groups is 1. The molecule has 3 aromatic rings. The van der Waals surface area contributed by atoms with E-state index in [-0.39, 0.29) is 11.7 Å². The molecule has 1 aliphatic carbocycles. The average molecular weight is 563 g/mol. The van der Waals surface area contributed by atoms with E-state index in [0.717, 1.165) is 45.2 Å². The highest BCUT2D eigenvalue weighted by Crippen LogP contribution is 2.35. The Kier molecular flexibility index (Phi) is 8.64. The van der Waals surface area contributed by atoms with Crippen LogP contribution < -0.4 is 10.2 Å². The molecule has 1 heterocycles. The third-order valence-electron chi connectivity index (χ3n) is 5.62. The summed E-state index contributed by atoms with van der Waals surface area (Å²) >= 11 is 10.9. The second-order valence-corrected chi connectivity index (χ2v) is 10.2. The quantitative estimate of drug-likeness (QED) is 0.203. The first kappa shape index (κ1) is 24.8. The zero-order valence-corrected chi connectivity index (χ0v) is 21.9. The standard InChI is InChI=1S/C24H25BrClN5O2S/c1-33-21-12-7-16(13-20(21)25)14-27-28-22(32)15-34-24-30-29-23(17-8-10-18(26)11-9-17)31(24)19-5-3-2-4-6-19/h7-14,19H,2-6,15H2,1H3,(H,28,32). The molecule has 2 aromatic carbocycles. The van der Waals surface area contributed by atoms with Gasteiger partial charge in [0.15, 0.2) is 11.0 Å². The Labute approximate surface area is 216 Å². The topological polar surface area (TPSA) is 81.4 Å². The molecule has 178 valence electrons. The van der Waals surface area contributed by atoms with Crippen molar-refractivity contribution in [2.75, 3.05) is 12.9 Å². The number of hydrogen-bond donors (Lipinski definition) is 1. The number of amides is 1. The Morgan fingerprint density at radius 3 is 2.71 bits per heavy atom. The average Bonchev–Trinajstić information content (AvgIpc) is 3.28. The fraction of sp³-hybridized carbons (Fsp3) is 0.333. The molecule has 0 saturated heterocycles. The fourth-order valence-corrected chi connectivity index (χ4v) is 5.43. The van der Waals surface area contributed by atoms with Crippen molar-refractivity contribution >= 4 is 51.4 Å². The molecule has 7 nitrogen and oxygen atoms in total. The number of methoxy groups -OCH3 is 1. The molecular weight excluding hydrogens is 538 g/mol. The monoisotopic (exact) mass is 561 g/mol. The highest BCUT2D eigenvalue weighted by atomic mass is 79.9. The molecule has 10 heteroatoms. The number of thioether (sulfide) groups is 1. The second-order valence-electron chi connectivity index (χ2n) is 7.95. The Morgan fingerprint density at radius 2 is 2.00 bits per heavy atom. The summed E-state index contributed by atoms with van der Waals surface area (Å²) < 4.78 is 8.23. The summed E-state index contributed by atoms with van der Waals surface area (Å²) in [4.78, 5) is 12.4. The Morgan fingerprint density at radius 1 is 1.24 bits per heavy atom. The molecule has 4 rings (SSSR count). The predicted octanol–water partition coefficient (Wildman–Crippen LogP) is 6.12. The van der Waals surface area contributed by atoms with E-state index >= 15 is 0 Å². The van der Waals surface area contributed by atoms with E-state index in [1.807, 2.05) is 42.5 Å². The third-order valence-corrected chi connectivity index (χ3v) is 7.43. The van der Waals surface area contributed by atoms with Gasteiger partial charge in [-0.05, 0) is 76.8 Å². The number of hydrogen-bond acceptors (Lipinski definition) is 6. The van der Waals surface area contributed by atoms with Crippen molar-refractivity contribution in [3.8, 4) is 17.1 Å². The van der Waals surface area contributed by atoms with Gasteiger partial charge in [0.1, 0.15) is 5.75 Å². The molecule has 0 spiro atoms. The van der Waals surface area contributed by atoms with Crippen molar-refractivity contribution in [3.63, 3.8) is 0 Å². The first-order valence-electron chi connectivity index (χ1n) is 11.0. The van der Waals surface area contributed by atoms with Gasteiger partial charge in [0.25, 0.3) is 5.91 Å². The van der Waals surface area contributed by atoms with Crippen LogP contribution in [0.3, 0.4) is 0 Å². The molecule has 1 fully saturated rings. The lowest BCUT2D eigenvalue weighted by Gasteiger charge is -2.25. The first-order valence-corrected chi connectivity index (χ1v) is 13.2. The smallest absolute Gasteiger partial charge is 0.250 e. The minimum absolute atomic E-state index is 0.190. The number of carbonyl (C=O) groups excluding carboxylic acids is 1. The van der Waals surface area contributed by atoms with Crippen LogP contribution in [0.2, 0.25) is 5.02 Å². The normalized spacial score (nSPS) is 14.4. The van der Waals surface area contributed by atoms with Crippen molar-refractivity contribution in [2.45, 2.75) is 43.3 Å². The Hall–Kier alpha value is -2.36. The minimum Gasteiger partial charge on any atom is -0.496 e. The lowest BCUT2D eigenvalue weighted by Crippen LogP contribution is -2.20. The number of nitrogens with zero attached hydrogens (tertiary/aromatic N) is 4. The summed E-state index contributed by atoms with van der Waals surface area (Å²) in [5, 5.41) is 14.4. The molecule has 1 aliphatic rings. The van der Waals surface area contributed by atoms with Gasteiger partial charge in [-0.25, -0.2) is 5.43 Å². The van der Waals surface area contributed by atoms with Crippen LogP contribution in [0, 0.1) is 0 Å². The van der Waals surface area contributed by atoms with Crippen LogP contribution in [0.15, 0.2) is 57.2 Å². The maximum Gasteiger partial charge on any atom is 0.250 e. The number of aromatic nitrogens is 3. The van der Waals surface area contributed by atoms with Crippen LogP contribution in [-0.2, 0) is 4.79 Å². The maximum atomic E-state index is 12.4. The van der Waals surface area contributed by atoms with Crippen molar-refractivity contribution < 1.29 is 9.53 Å². The Bertz CT molecular complexity index is 1160. The molecule has 0 atom stereocenters. The van der Waals surface area contributed by atoms with E-state index < -0.39 is 0 Å². The molecule has 1 amide bonds. The van der Waals surface area contributed by atoms with Gasteiger partial charge in [-0.2, -0.15) is 5.10 Å². The molecule has 1 N–H and O–H groups in total. The fourth-order valence-electron chi connectivity index (χ4n) is 3.94. The molecule has 0 radical (unpaired) electrons. The Balaban J connectivity index is 1.43. The van der Waals surface area contributed by atoms with Gasteiger partial charge in [0.2, 0.25) is 0 Å². The summed E-state index contributed by atoms with van der Waals surface area (Å²) in [5.41, 5.74) is 4.39. The van der Waals surface area contributed by atoms with Crippen molar-refractivity contribution in [3.05, 3.63) is 57.5 Å². The third kappa shape index (κ3) is 6.20. The molecule has 0 bridgehead atoms. The van der Waals surface area contributed by atoms with E-state index in [0.29, 0.717) is 11.1 Å². The van der Waals surface area contributed by atoms with E-state index in [1.165, 1.54) is 31.0 Å².